The van der Waals surface area contributed by atoms with Crippen LogP contribution >= 0.6 is 0 Å². The van der Waals surface area contributed by atoms with Crippen molar-refractivity contribution in [3.05, 3.63) is 65.0 Å². The van der Waals surface area contributed by atoms with Gasteiger partial charge in [0.15, 0.2) is 11.6 Å². The number of halogens is 1. The van der Waals surface area contributed by atoms with E-state index >= 15 is 0 Å². The summed E-state index contributed by atoms with van der Waals surface area (Å²) in [5.74, 6) is -1.12. The predicted molar refractivity (Wildman–Crippen MR) is 135 cm³/mol. The summed E-state index contributed by atoms with van der Waals surface area (Å²) in [6.45, 7) is 4.47. The monoisotopic (exact) mass is 516 g/mol. The van der Waals surface area contributed by atoms with Crippen LogP contribution in [-0.2, 0) is 10.0 Å². The van der Waals surface area contributed by atoms with E-state index in [1.807, 2.05) is 13.8 Å². The molecule has 1 fully saturated rings. The highest BCUT2D eigenvalue weighted by atomic mass is 32.2. The molecular weight excluding hydrogens is 483 g/mol. The summed E-state index contributed by atoms with van der Waals surface area (Å²) in [5.41, 5.74) is 1.44. The number of ether oxygens (including phenoxy) is 1. The lowest BCUT2D eigenvalue weighted by Gasteiger charge is -2.30. The molecule has 0 spiro atoms. The van der Waals surface area contributed by atoms with Crippen LogP contribution in [0.5, 0.6) is 5.75 Å². The molecule has 2 N–H and O–H groups in total. The number of hydrogen-bond acceptors (Lipinski definition) is 5. The molecule has 1 heterocycles. The summed E-state index contributed by atoms with van der Waals surface area (Å²) in [5, 5.41) is 4.78. The summed E-state index contributed by atoms with van der Waals surface area (Å²) >= 11 is 0. The van der Waals surface area contributed by atoms with Crippen LogP contribution in [0.4, 0.5) is 4.39 Å². The Labute approximate surface area is 211 Å². The van der Waals surface area contributed by atoms with Crippen molar-refractivity contribution in [2.75, 3.05) is 13.2 Å². The van der Waals surface area contributed by atoms with Crippen molar-refractivity contribution >= 4 is 21.8 Å². The first-order valence-electron chi connectivity index (χ1n) is 12.5. The van der Waals surface area contributed by atoms with Crippen molar-refractivity contribution in [1.29, 1.82) is 0 Å². The summed E-state index contributed by atoms with van der Waals surface area (Å²) in [4.78, 5) is 26.4. The molecular formula is C27H33FN2O5S. The molecule has 2 aromatic carbocycles. The minimum atomic E-state index is -3.94. The van der Waals surface area contributed by atoms with Gasteiger partial charge in [-0.1, -0.05) is 38.5 Å². The highest BCUT2D eigenvalue weighted by Gasteiger charge is 2.36. The molecule has 36 heavy (non-hydrogen) atoms. The number of sulfonamides is 1. The molecule has 0 bridgehead atoms. The van der Waals surface area contributed by atoms with E-state index in [1.165, 1.54) is 11.0 Å². The molecule has 0 aromatic heterocycles. The molecule has 2 atom stereocenters. The number of unbranched alkanes of at least 4 members (excludes halogenated alkanes) is 1. The van der Waals surface area contributed by atoms with Crippen LogP contribution in [0, 0.1) is 17.7 Å². The predicted octanol–water partition coefficient (Wildman–Crippen LogP) is 4.48. The lowest BCUT2D eigenvalue weighted by atomic mass is 9.83. The maximum atomic E-state index is 14.4. The van der Waals surface area contributed by atoms with Crippen molar-refractivity contribution in [3.63, 3.8) is 0 Å². The number of nitrogens with zero attached hydrogens (tertiary/aromatic N) is 1. The number of amides is 2. The van der Waals surface area contributed by atoms with Crippen molar-refractivity contribution in [2.45, 2.75) is 57.1 Å². The van der Waals surface area contributed by atoms with Gasteiger partial charge in [-0.3, -0.25) is 14.5 Å². The van der Waals surface area contributed by atoms with Gasteiger partial charge in [0.2, 0.25) is 10.0 Å². The first kappa shape index (κ1) is 26.3. The fourth-order valence-corrected chi connectivity index (χ4v) is 6.34. The molecule has 2 amide bonds. The first-order chi connectivity index (χ1) is 17.1. The molecule has 1 aliphatic heterocycles. The molecule has 9 heteroatoms. The SMILES string of the molecule is CC(C)C(c1ccc(F)c(OCC2CC2)c1)C(CCCCN1C(=O)c2ccccc2C1=O)S(N)(=O)=O. The fourth-order valence-electron chi connectivity index (χ4n) is 4.96. The number of primary sulfonamides is 1. The Morgan fingerprint density at radius 1 is 1.06 bits per heavy atom. The van der Waals surface area contributed by atoms with Crippen molar-refractivity contribution in [3.8, 4) is 5.75 Å². The average Bonchev–Trinajstić information content (AvgIpc) is 3.62. The largest absolute Gasteiger partial charge is 0.490 e. The van der Waals surface area contributed by atoms with Gasteiger partial charge in [-0.05, 0) is 67.3 Å². The Hall–Kier alpha value is -2.78. The number of benzene rings is 2. The zero-order valence-corrected chi connectivity index (χ0v) is 21.5. The molecule has 2 aromatic rings. The molecule has 4 rings (SSSR count). The minimum Gasteiger partial charge on any atom is -0.490 e. The molecule has 1 saturated carbocycles. The van der Waals surface area contributed by atoms with Crippen LogP contribution in [-0.4, -0.2) is 43.5 Å². The van der Waals surface area contributed by atoms with E-state index in [-0.39, 0.29) is 36.4 Å². The van der Waals surface area contributed by atoms with Gasteiger partial charge in [0.05, 0.1) is 23.0 Å². The zero-order chi connectivity index (χ0) is 26.0. The Morgan fingerprint density at radius 3 is 2.25 bits per heavy atom. The molecule has 2 unspecified atom stereocenters. The number of carbonyl (C=O) groups is 2. The van der Waals surface area contributed by atoms with E-state index in [0.717, 1.165) is 12.8 Å². The first-order valence-corrected chi connectivity index (χ1v) is 14.1. The van der Waals surface area contributed by atoms with Crippen molar-refractivity contribution in [1.82, 2.24) is 4.90 Å². The van der Waals surface area contributed by atoms with E-state index < -0.39 is 27.0 Å². The maximum absolute atomic E-state index is 14.4. The topological polar surface area (TPSA) is 107 Å². The van der Waals surface area contributed by atoms with Crippen LogP contribution in [0.25, 0.3) is 0 Å². The van der Waals surface area contributed by atoms with Gasteiger partial charge in [0.25, 0.3) is 11.8 Å². The number of nitrogens with two attached hydrogens (primary N) is 1. The smallest absolute Gasteiger partial charge is 0.261 e. The van der Waals surface area contributed by atoms with Gasteiger partial charge in [-0.25, -0.2) is 17.9 Å². The molecule has 2 aliphatic rings. The van der Waals surface area contributed by atoms with E-state index in [0.29, 0.717) is 42.1 Å². The third-order valence-electron chi connectivity index (χ3n) is 7.05. The lowest BCUT2D eigenvalue weighted by molar-refractivity contribution is 0.0651. The second kappa shape index (κ2) is 10.7. The van der Waals surface area contributed by atoms with Crippen LogP contribution in [0.15, 0.2) is 42.5 Å². The number of fused-ring (bicyclic) bond motifs is 1. The summed E-state index contributed by atoms with van der Waals surface area (Å²) in [7, 11) is -3.94. The standard InChI is InChI=1S/C27H33FN2O5S/c1-17(2)25(19-12-13-22(28)23(15-19)35-16-18-10-11-18)24(36(29,33)34)9-5-6-14-30-26(31)20-7-3-4-8-21(20)27(30)32/h3-4,7-8,12-13,15,17-18,24-25H,5-6,9-11,14,16H2,1-2H3,(H2,29,33,34). The van der Waals surface area contributed by atoms with Crippen molar-refractivity contribution < 1.29 is 27.1 Å². The molecule has 7 nitrogen and oxygen atoms in total. The third-order valence-corrected chi connectivity index (χ3v) is 8.42. The summed E-state index contributed by atoms with van der Waals surface area (Å²) in [6, 6.07) is 11.2. The maximum Gasteiger partial charge on any atom is 0.261 e. The normalized spacial score (nSPS) is 17.4. The molecule has 1 aliphatic carbocycles. The Morgan fingerprint density at radius 2 is 1.69 bits per heavy atom. The van der Waals surface area contributed by atoms with Gasteiger partial charge in [-0.15, -0.1) is 0 Å². The quantitative estimate of drug-likeness (QED) is 0.331. The van der Waals surface area contributed by atoms with E-state index in [9.17, 15) is 22.4 Å². The van der Waals surface area contributed by atoms with Crippen LogP contribution in [0.2, 0.25) is 0 Å². The van der Waals surface area contributed by atoms with Gasteiger partial charge < -0.3 is 4.74 Å². The second-order valence-electron chi connectivity index (χ2n) is 10.1. The van der Waals surface area contributed by atoms with Gasteiger partial charge in [-0.2, -0.15) is 0 Å². The van der Waals surface area contributed by atoms with Crippen LogP contribution < -0.4 is 9.88 Å². The highest BCUT2D eigenvalue weighted by molar-refractivity contribution is 7.89. The van der Waals surface area contributed by atoms with Gasteiger partial charge in [0.1, 0.15) is 0 Å². The third kappa shape index (κ3) is 5.78. The van der Waals surface area contributed by atoms with Gasteiger partial charge in [0, 0.05) is 12.5 Å². The fraction of sp³-hybridized carbons (Fsp3) is 0.481. The van der Waals surface area contributed by atoms with E-state index in [2.05, 4.69) is 0 Å². The molecule has 194 valence electrons. The number of imide groups is 1. The van der Waals surface area contributed by atoms with Crippen LogP contribution in [0.1, 0.15) is 78.1 Å². The van der Waals surface area contributed by atoms with E-state index in [4.69, 9.17) is 9.88 Å². The second-order valence-corrected chi connectivity index (χ2v) is 11.9. The number of rotatable bonds is 12. The Bertz CT molecular complexity index is 1210. The number of carbonyl (C=O) groups excluding carboxylic acids is 2. The Balaban J connectivity index is 1.45. The molecule has 0 radical (unpaired) electrons. The summed E-state index contributed by atoms with van der Waals surface area (Å²) in [6.07, 6.45) is 3.29. The minimum absolute atomic E-state index is 0.0914. The van der Waals surface area contributed by atoms with Crippen LogP contribution in [0.3, 0.4) is 0 Å². The summed E-state index contributed by atoms with van der Waals surface area (Å²) < 4.78 is 45.4. The van der Waals surface area contributed by atoms with E-state index in [1.54, 1.807) is 36.4 Å². The average molecular weight is 517 g/mol. The lowest BCUT2D eigenvalue weighted by Crippen LogP contribution is -2.36. The zero-order valence-electron chi connectivity index (χ0n) is 20.7. The van der Waals surface area contributed by atoms with Crippen molar-refractivity contribution in [2.24, 2.45) is 17.0 Å². The number of hydrogen-bond donors (Lipinski definition) is 1. The van der Waals surface area contributed by atoms with Gasteiger partial charge >= 0.3 is 0 Å². The molecule has 0 saturated heterocycles. The highest BCUT2D eigenvalue weighted by Crippen LogP contribution is 2.37. The Kier molecular flexibility index (Phi) is 7.80.